The van der Waals surface area contributed by atoms with E-state index in [-0.39, 0.29) is 18.9 Å². The summed E-state index contributed by atoms with van der Waals surface area (Å²) in [4.78, 5) is 17.8. The summed E-state index contributed by atoms with van der Waals surface area (Å²) in [5.74, 6) is 0.316. The number of rotatable bonds is 6. The highest BCUT2D eigenvalue weighted by atomic mass is 19.4. The van der Waals surface area contributed by atoms with E-state index in [1.165, 1.54) is 12.1 Å². The Morgan fingerprint density at radius 2 is 2.00 bits per heavy atom. The highest BCUT2D eigenvalue weighted by Gasteiger charge is 2.30. The number of benzene rings is 1. The smallest absolute Gasteiger partial charge is 0.416 e. The van der Waals surface area contributed by atoms with E-state index in [2.05, 4.69) is 10.3 Å². The molecule has 0 spiro atoms. The second-order valence-corrected chi connectivity index (χ2v) is 5.51. The van der Waals surface area contributed by atoms with Crippen molar-refractivity contribution in [2.24, 2.45) is 0 Å². The van der Waals surface area contributed by atoms with E-state index >= 15 is 0 Å². The fourth-order valence-corrected chi connectivity index (χ4v) is 1.98. The van der Waals surface area contributed by atoms with Gasteiger partial charge in [0.1, 0.15) is 11.6 Å². The first-order valence-corrected chi connectivity index (χ1v) is 7.45. The molecule has 0 bridgehead atoms. The van der Waals surface area contributed by atoms with Crippen molar-refractivity contribution in [1.29, 1.82) is 0 Å². The SMILES string of the molecule is CN(C)c1cc(CNC(=O)COc2cccc(C(F)(F)F)c2)ccn1. The molecule has 5 nitrogen and oxygen atoms in total. The summed E-state index contributed by atoms with van der Waals surface area (Å²) in [6.45, 7) is -0.0962. The molecule has 134 valence electrons. The lowest BCUT2D eigenvalue weighted by Crippen LogP contribution is -2.28. The Bertz CT molecular complexity index is 733. The number of hydrogen-bond acceptors (Lipinski definition) is 4. The molecule has 0 saturated carbocycles. The summed E-state index contributed by atoms with van der Waals surface area (Å²) < 4.78 is 43.0. The van der Waals surface area contributed by atoms with Crippen molar-refractivity contribution in [3.05, 3.63) is 53.7 Å². The maximum atomic E-state index is 12.6. The molecule has 1 N–H and O–H groups in total. The van der Waals surface area contributed by atoms with Crippen molar-refractivity contribution < 1.29 is 22.7 Å². The minimum absolute atomic E-state index is 0.0104. The predicted octanol–water partition coefficient (Wildman–Crippen LogP) is 2.86. The largest absolute Gasteiger partial charge is 0.484 e. The lowest BCUT2D eigenvalue weighted by Gasteiger charge is -2.13. The highest BCUT2D eigenvalue weighted by Crippen LogP contribution is 2.31. The van der Waals surface area contributed by atoms with Gasteiger partial charge in [-0.15, -0.1) is 0 Å². The van der Waals surface area contributed by atoms with Gasteiger partial charge in [0.2, 0.25) is 0 Å². The van der Waals surface area contributed by atoms with Gasteiger partial charge in [-0.25, -0.2) is 4.98 Å². The second-order valence-electron chi connectivity index (χ2n) is 5.51. The van der Waals surface area contributed by atoms with Crippen LogP contribution in [0.25, 0.3) is 0 Å². The van der Waals surface area contributed by atoms with E-state index in [0.29, 0.717) is 0 Å². The average molecular weight is 353 g/mol. The molecule has 0 saturated heterocycles. The number of carbonyl (C=O) groups excluding carboxylic acids is 1. The van der Waals surface area contributed by atoms with Gasteiger partial charge in [-0.2, -0.15) is 13.2 Å². The van der Waals surface area contributed by atoms with Crippen LogP contribution >= 0.6 is 0 Å². The molecule has 0 atom stereocenters. The van der Waals surface area contributed by atoms with E-state index < -0.39 is 17.6 Å². The fourth-order valence-electron chi connectivity index (χ4n) is 1.98. The number of anilines is 1. The summed E-state index contributed by atoms with van der Waals surface area (Å²) in [6, 6.07) is 8.00. The number of ether oxygens (including phenoxy) is 1. The number of aromatic nitrogens is 1. The van der Waals surface area contributed by atoms with Gasteiger partial charge in [0.25, 0.3) is 5.91 Å². The monoisotopic (exact) mass is 353 g/mol. The number of carbonyl (C=O) groups is 1. The summed E-state index contributed by atoms with van der Waals surface area (Å²) in [5.41, 5.74) is 0.0320. The molecule has 1 aromatic carbocycles. The first-order valence-electron chi connectivity index (χ1n) is 7.45. The zero-order chi connectivity index (χ0) is 18.4. The molecule has 8 heteroatoms. The van der Waals surface area contributed by atoms with Crippen molar-refractivity contribution in [3.63, 3.8) is 0 Å². The Balaban J connectivity index is 1.86. The van der Waals surface area contributed by atoms with E-state index in [1.54, 1.807) is 12.3 Å². The van der Waals surface area contributed by atoms with Gasteiger partial charge < -0.3 is 15.0 Å². The summed E-state index contributed by atoms with van der Waals surface area (Å²) in [6.07, 6.45) is -2.82. The molecule has 0 unspecified atom stereocenters. The van der Waals surface area contributed by atoms with E-state index in [4.69, 9.17) is 4.74 Å². The van der Waals surface area contributed by atoms with Crippen LogP contribution in [-0.4, -0.2) is 31.6 Å². The summed E-state index contributed by atoms with van der Waals surface area (Å²) in [7, 11) is 3.71. The fraction of sp³-hybridized carbons (Fsp3) is 0.294. The van der Waals surface area contributed by atoms with Crippen molar-refractivity contribution in [2.75, 3.05) is 25.6 Å². The predicted molar refractivity (Wildman–Crippen MR) is 87.3 cm³/mol. The van der Waals surface area contributed by atoms with E-state index in [9.17, 15) is 18.0 Å². The van der Waals surface area contributed by atoms with Gasteiger partial charge in [-0.1, -0.05) is 6.07 Å². The average Bonchev–Trinajstić information content (AvgIpc) is 2.58. The van der Waals surface area contributed by atoms with Crippen LogP contribution in [0.1, 0.15) is 11.1 Å². The Morgan fingerprint density at radius 3 is 2.68 bits per heavy atom. The van der Waals surface area contributed by atoms with Crippen LogP contribution in [0.3, 0.4) is 0 Å². The van der Waals surface area contributed by atoms with Crippen molar-refractivity contribution >= 4 is 11.7 Å². The molecule has 1 aromatic heterocycles. The van der Waals surface area contributed by atoms with Crippen molar-refractivity contribution in [1.82, 2.24) is 10.3 Å². The van der Waals surface area contributed by atoms with Crippen LogP contribution in [0.4, 0.5) is 19.0 Å². The number of alkyl halides is 3. The lowest BCUT2D eigenvalue weighted by atomic mass is 10.2. The van der Waals surface area contributed by atoms with Crippen LogP contribution in [0.5, 0.6) is 5.75 Å². The third-order valence-corrected chi connectivity index (χ3v) is 3.29. The first-order chi connectivity index (χ1) is 11.8. The molecule has 0 aliphatic heterocycles. The Morgan fingerprint density at radius 1 is 1.24 bits per heavy atom. The Kier molecular flexibility index (Phi) is 5.84. The van der Waals surface area contributed by atoms with E-state index in [1.807, 2.05) is 25.1 Å². The van der Waals surface area contributed by atoms with E-state index in [0.717, 1.165) is 23.5 Å². The maximum Gasteiger partial charge on any atom is 0.416 e. The molecule has 0 radical (unpaired) electrons. The highest BCUT2D eigenvalue weighted by molar-refractivity contribution is 5.77. The molecule has 2 aromatic rings. The third kappa shape index (κ3) is 5.66. The summed E-state index contributed by atoms with van der Waals surface area (Å²) in [5, 5.41) is 2.65. The maximum absolute atomic E-state index is 12.6. The number of halogens is 3. The molecular weight excluding hydrogens is 335 g/mol. The first kappa shape index (κ1) is 18.6. The van der Waals surface area contributed by atoms with Gasteiger partial charge in [0.15, 0.2) is 6.61 Å². The van der Waals surface area contributed by atoms with Crippen LogP contribution in [0.15, 0.2) is 42.6 Å². The van der Waals surface area contributed by atoms with Gasteiger partial charge in [-0.05, 0) is 35.9 Å². The van der Waals surface area contributed by atoms with Gasteiger partial charge in [-0.3, -0.25) is 4.79 Å². The Labute approximate surface area is 143 Å². The van der Waals surface area contributed by atoms with Gasteiger partial charge in [0, 0.05) is 26.8 Å². The normalized spacial score (nSPS) is 11.1. The standard InChI is InChI=1S/C17H18F3N3O2/c1-23(2)15-8-12(6-7-21-15)10-22-16(24)11-25-14-5-3-4-13(9-14)17(18,19)20/h3-9H,10-11H2,1-2H3,(H,22,24). The number of nitrogens with zero attached hydrogens (tertiary/aromatic N) is 2. The van der Waals surface area contributed by atoms with Gasteiger partial charge >= 0.3 is 6.18 Å². The molecule has 1 amide bonds. The third-order valence-electron chi connectivity index (χ3n) is 3.29. The molecular formula is C17H18F3N3O2. The molecule has 1 heterocycles. The lowest BCUT2D eigenvalue weighted by molar-refractivity contribution is -0.137. The zero-order valence-corrected chi connectivity index (χ0v) is 13.8. The second kappa shape index (κ2) is 7.87. The number of amides is 1. The van der Waals surface area contributed by atoms with Crippen molar-refractivity contribution in [2.45, 2.75) is 12.7 Å². The molecule has 0 fully saturated rings. The molecule has 0 aliphatic carbocycles. The number of hydrogen-bond donors (Lipinski definition) is 1. The number of nitrogens with one attached hydrogen (secondary N) is 1. The number of pyridine rings is 1. The van der Waals surface area contributed by atoms with Crippen LogP contribution < -0.4 is 15.0 Å². The minimum Gasteiger partial charge on any atom is -0.484 e. The summed E-state index contributed by atoms with van der Waals surface area (Å²) >= 11 is 0. The molecule has 2 rings (SSSR count). The zero-order valence-electron chi connectivity index (χ0n) is 13.8. The quantitative estimate of drug-likeness (QED) is 0.868. The molecule has 0 aliphatic rings. The van der Waals surface area contributed by atoms with Gasteiger partial charge in [0.05, 0.1) is 5.56 Å². The minimum atomic E-state index is -4.45. The van der Waals surface area contributed by atoms with Crippen LogP contribution in [0, 0.1) is 0 Å². The molecule has 25 heavy (non-hydrogen) atoms. The van der Waals surface area contributed by atoms with Crippen LogP contribution in [0.2, 0.25) is 0 Å². The topological polar surface area (TPSA) is 54.5 Å². The van der Waals surface area contributed by atoms with Crippen molar-refractivity contribution in [3.8, 4) is 5.75 Å². The van der Waals surface area contributed by atoms with Crippen LogP contribution in [-0.2, 0) is 17.5 Å². The Hall–Kier alpha value is -2.77.